The van der Waals surface area contributed by atoms with E-state index in [4.69, 9.17) is 4.42 Å². The van der Waals surface area contributed by atoms with Crippen LogP contribution in [0.4, 0.5) is 0 Å². The van der Waals surface area contributed by atoms with Gasteiger partial charge in [0.1, 0.15) is 0 Å². The Balaban J connectivity index is 1.68. The van der Waals surface area contributed by atoms with Crippen LogP contribution in [0.1, 0.15) is 37.4 Å². The molecule has 18 heavy (non-hydrogen) atoms. The average molecular weight is 249 g/mol. The van der Waals surface area contributed by atoms with Gasteiger partial charge in [0.25, 0.3) is 0 Å². The van der Waals surface area contributed by atoms with Crippen LogP contribution in [0.25, 0.3) is 0 Å². The number of hydrogen-bond donors (Lipinski definition) is 2. The minimum Gasteiger partial charge on any atom is -0.472 e. The molecule has 1 aliphatic rings. The summed E-state index contributed by atoms with van der Waals surface area (Å²) in [5.74, 6) is 0.194. The van der Waals surface area contributed by atoms with Gasteiger partial charge in [0.15, 0.2) is 0 Å². The van der Waals surface area contributed by atoms with Crippen LogP contribution in [0.3, 0.4) is 0 Å². The van der Waals surface area contributed by atoms with Gasteiger partial charge in [-0.2, -0.15) is 0 Å². The van der Waals surface area contributed by atoms with E-state index in [1.165, 1.54) is 12.5 Å². The van der Waals surface area contributed by atoms with Crippen molar-refractivity contribution in [2.24, 2.45) is 5.92 Å². The largest absolute Gasteiger partial charge is 0.472 e. The highest BCUT2D eigenvalue weighted by atomic mass is 16.3. The topological polar surface area (TPSA) is 62.5 Å². The highest BCUT2D eigenvalue weighted by molar-refractivity contribution is 5.78. The number of allylic oxidation sites excluding steroid dienone is 2. The summed E-state index contributed by atoms with van der Waals surface area (Å²) in [6, 6.07) is 1.73. The Labute approximate surface area is 107 Å². The van der Waals surface area contributed by atoms with Crippen LogP contribution in [-0.2, 0) is 4.79 Å². The van der Waals surface area contributed by atoms with Gasteiger partial charge in [-0.05, 0) is 31.7 Å². The third-order valence-corrected chi connectivity index (χ3v) is 3.28. The first kappa shape index (κ1) is 12.9. The van der Waals surface area contributed by atoms with Crippen LogP contribution < -0.4 is 5.32 Å². The minimum atomic E-state index is -0.574. The van der Waals surface area contributed by atoms with Crippen molar-refractivity contribution in [3.05, 3.63) is 36.3 Å². The maximum atomic E-state index is 11.8. The summed E-state index contributed by atoms with van der Waals surface area (Å²) in [6.07, 6.45) is 9.91. The summed E-state index contributed by atoms with van der Waals surface area (Å²) in [6.45, 7) is 0.491. The van der Waals surface area contributed by atoms with Crippen molar-refractivity contribution in [3.63, 3.8) is 0 Å². The molecule has 1 heterocycles. The summed E-state index contributed by atoms with van der Waals surface area (Å²) in [7, 11) is 0. The maximum Gasteiger partial charge on any atom is 0.223 e. The van der Waals surface area contributed by atoms with Crippen LogP contribution in [0.5, 0.6) is 0 Å². The molecule has 2 unspecified atom stereocenters. The van der Waals surface area contributed by atoms with E-state index in [-0.39, 0.29) is 11.8 Å². The molecule has 0 saturated carbocycles. The second-order valence-electron chi connectivity index (χ2n) is 4.63. The lowest BCUT2D eigenvalue weighted by Crippen LogP contribution is -2.32. The highest BCUT2D eigenvalue weighted by Crippen LogP contribution is 2.19. The van der Waals surface area contributed by atoms with Crippen molar-refractivity contribution in [1.82, 2.24) is 5.32 Å². The van der Waals surface area contributed by atoms with E-state index >= 15 is 0 Å². The van der Waals surface area contributed by atoms with Crippen molar-refractivity contribution in [1.29, 1.82) is 0 Å². The first-order chi connectivity index (χ1) is 8.77. The Morgan fingerprint density at radius 3 is 3.11 bits per heavy atom. The predicted molar refractivity (Wildman–Crippen MR) is 67.8 cm³/mol. The average Bonchev–Trinajstić information content (AvgIpc) is 2.93. The summed E-state index contributed by atoms with van der Waals surface area (Å²) >= 11 is 0. The van der Waals surface area contributed by atoms with Crippen LogP contribution in [-0.4, -0.2) is 17.6 Å². The molecule has 0 fully saturated rings. The summed E-state index contributed by atoms with van der Waals surface area (Å²) in [4.78, 5) is 11.8. The summed E-state index contributed by atoms with van der Waals surface area (Å²) in [5.41, 5.74) is 0.754. The van der Waals surface area contributed by atoms with Crippen LogP contribution >= 0.6 is 0 Å². The van der Waals surface area contributed by atoms with Crippen molar-refractivity contribution in [2.45, 2.75) is 31.8 Å². The monoisotopic (exact) mass is 249 g/mol. The fourth-order valence-corrected chi connectivity index (χ4v) is 2.14. The molecule has 0 spiro atoms. The number of rotatable bonds is 5. The third kappa shape index (κ3) is 3.47. The number of furan rings is 1. The standard InChI is InChI=1S/C14H19NO3/c16-13(12-7-9-18-10-12)6-8-15-14(17)11-4-2-1-3-5-11/h1-2,7,9-11,13,16H,3-6,8H2,(H,15,17). The molecule has 0 aliphatic heterocycles. The fraction of sp³-hybridized carbons (Fsp3) is 0.500. The van der Waals surface area contributed by atoms with E-state index in [0.29, 0.717) is 13.0 Å². The number of aliphatic hydroxyl groups excluding tert-OH is 1. The van der Waals surface area contributed by atoms with Gasteiger partial charge in [-0.15, -0.1) is 0 Å². The molecule has 1 aliphatic carbocycles. The Kier molecular flexibility index (Phi) is 4.59. The molecule has 0 aromatic carbocycles. The molecule has 0 saturated heterocycles. The Bertz CT molecular complexity index is 397. The number of carbonyl (C=O) groups excluding carboxylic acids is 1. The Morgan fingerprint density at radius 2 is 2.44 bits per heavy atom. The zero-order valence-electron chi connectivity index (χ0n) is 10.3. The molecule has 2 rings (SSSR count). The van der Waals surface area contributed by atoms with Crippen molar-refractivity contribution in [2.75, 3.05) is 6.54 Å². The molecule has 2 atom stereocenters. The lowest BCUT2D eigenvalue weighted by Gasteiger charge is -2.17. The molecular formula is C14H19NO3. The molecule has 1 amide bonds. The number of nitrogens with one attached hydrogen (secondary N) is 1. The second-order valence-corrected chi connectivity index (χ2v) is 4.63. The van der Waals surface area contributed by atoms with Gasteiger partial charge in [-0.25, -0.2) is 0 Å². The number of aliphatic hydroxyl groups is 1. The van der Waals surface area contributed by atoms with Gasteiger partial charge in [-0.1, -0.05) is 12.2 Å². The molecule has 1 aromatic rings. The van der Waals surface area contributed by atoms with Crippen LogP contribution in [0.2, 0.25) is 0 Å². The van der Waals surface area contributed by atoms with Gasteiger partial charge < -0.3 is 14.8 Å². The molecule has 4 nitrogen and oxygen atoms in total. The smallest absolute Gasteiger partial charge is 0.223 e. The van der Waals surface area contributed by atoms with Gasteiger partial charge in [0.2, 0.25) is 5.91 Å². The SMILES string of the molecule is O=C(NCCC(O)c1ccoc1)C1CC=CCC1. The second kappa shape index (κ2) is 6.40. The normalized spacial score (nSPS) is 20.6. The van der Waals surface area contributed by atoms with Crippen LogP contribution in [0, 0.1) is 5.92 Å². The van der Waals surface area contributed by atoms with Gasteiger partial charge in [-0.3, -0.25) is 4.79 Å². The zero-order valence-corrected chi connectivity index (χ0v) is 10.3. The van der Waals surface area contributed by atoms with Gasteiger partial charge in [0, 0.05) is 18.0 Å². The molecule has 98 valence electrons. The summed E-state index contributed by atoms with van der Waals surface area (Å²) < 4.78 is 4.90. The van der Waals surface area contributed by atoms with E-state index in [9.17, 15) is 9.90 Å². The quantitative estimate of drug-likeness (QED) is 0.786. The maximum absolute atomic E-state index is 11.8. The van der Waals surface area contributed by atoms with E-state index in [2.05, 4.69) is 17.5 Å². The molecular weight excluding hydrogens is 230 g/mol. The van der Waals surface area contributed by atoms with Crippen molar-refractivity contribution in [3.8, 4) is 0 Å². The zero-order chi connectivity index (χ0) is 12.8. The minimum absolute atomic E-state index is 0.0961. The number of hydrogen-bond acceptors (Lipinski definition) is 3. The number of carbonyl (C=O) groups is 1. The Hall–Kier alpha value is -1.55. The van der Waals surface area contributed by atoms with Gasteiger partial charge >= 0.3 is 0 Å². The lowest BCUT2D eigenvalue weighted by atomic mass is 9.93. The fourth-order valence-electron chi connectivity index (χ4n) is 2.14. The van der Waals surface area contributed by atoms with Crippen molar-refractivity contribution >= 4 is 5.91 Å². The van der Waals surface area contributed by atoms with Crippen molar-refractivity contribution < 1.29 is 14.3 Å². The van der Waals surface area contributed by atoms with Crippen LogP contribution in [0.15, 0.2) is 35.2 Å². The van der Waals surface area contributed by atoms with E-state index in [1.807, 2.05) is 0 Å². The lowest BCUT2D eigenvalue weighted by molar-refractivity contribution is -0.125. The van der Waals surface area contributed by atoms with Gasteiger partial charge in [0.05, 0.1) is 18.6 Å². The first-order valence-electron chi connectivity index (χ1n) is 6.40. The first-order valence-corrected chi connectivity index (χ1v) is 6.40. The van der Waals surface area contributed by atoms with E-state index < -0.39 is 6.10 Å². The van der Waals surface area contributed by atoms with E-state index in [0.717, 1.165) is 24.8 Å². The predicted octanol–water partition coefficient (Wildman–Crippen LogP) is 2.18. The molecule has 1 aromatic heterocycles. The third-order valence-electron chi connectivity index (χ3n) is 3.28. The Morgan fingerprint density at radius 1 is 1.56 bits per heavy atom. The summed E-state index contributed by atoms with van der Waals surface area (Å²) in [5, 5.41) is 12.7. The van der Waals surface area contributed by atoms with E-state index in [1.54, 1.807) is 6.07 Å². The molecule has 0 bridgehead atoms. The molecule has 2 N–H and O–H groups in total. The molecule has 0 radical (unpaired) electrons. The highest BCUT2D eigenvalue weighted by Gasteiger charge is 2.18. The number of amides is 1. The molecule has 4 heteroatoms.